The minimum absolute atomic E-state index is 0.144. The van der Waals surface area contributed by atoms with Gasteiger partial charge >= 0.3 is 0 Å². The van der Waals surface area contributed by atoms with E-state index in [1.807, 2.05) is 5.48 Å². The van der Waals surface area contributed by atoms with Crippen LogP contribution >= 0.6 is 15.9 Å². The third kappa shape index (κ3) is 2.05. The molecule has 0 amide bonds. The topological polar surface area (TPSA) is 41.5 Å². The van der Waals surface area contributed by atoms with Crippen molar-refractivity contribution in [2.45, 2.75) is 13.5 Å². The van der Waals surface area contributed by atoms with Crippen LogP contribution in [0.1, 0.15) is 11.1 Å². The van der Waals surface area contributed by atoms with Gasteiger partial charge in [-0.3, -0.25) is 0 Å². The molecule has 0 aliphatic heterocycles. The maximum Gasteiger partial charge on any atom is 0.138 e. The maximum atomic E-state index is 13.3. The predicted molar refractivity (Wildman–Crippen MR) is 54.0 cm³/mol. The Labute approximate surface area is 90.0 Å². The SMILES string of the molecule is COc1c(Br)cc(F)c(C)c1CNO. The molecule has 0 heterocycles. The zero-order chi connectivity index (χ0) is 10.7. The fourth-order valence-corrected chi connectivity index (χ4v) is 1.86. The number of halogens is 2. The number of hydrogen-bond acceptors (Lipinski definition) is 3. The monoisotopic (exact) mass is 263 g/mol. The number of rotatable bonds is 3. The van der Waals surface area contributed by atoms with Crippen LogP contribution in [0.15, 0.2) is 10.5 Å². The van der Waals surface area contributed by atoms with Gasteiger partial charge in [-0.25, -0.2) is 9.87 Å². The Morgan fingerprint density at radius 1 is 1.64 bits per heavy atom. The molecule has 0 unspecified atom stereocenters. The molecular formula is C9H11BrFNO2. The second kappa shape index (κ2) is 4.72. The second-order valence-electron chi connectivity index (χ2n) is 2.81. The Hall–Kier alpha value is -0.650. The van der Waals surface area contributed by atoms with Crippen molar-refractivity contribution in [2.75, 3.05) is 7.11 Å². The van der Waals surface area contributed by atoms with E-state index in [9.17, 15) is 4.39 Å². The number of methoxy groups -OCH3 is 1. The van der Waals surface area contributed by atoms with Gasteiger partial charge in [0, 0.05) is 12.1 Å². The summed E-state index contributed by atoms with van der Waals surface area (Å²) in [5.74, 6) is 0.202. The molecule has 2 N–H and O–H groups in total. The molecule has 0 saturated heterocycles. The van der Waals surface area contributed by atoms with E-state index in [4.69, 9.17) is 9.94 Å². The summed E-state index contributed by atoms with van der Waals surface area (Å²) in [4.78, 5) is 0. The molecule has 78 valence electrons. The molecule has 0 aliphatic carbocycles. The summed E-state index contributed by atoms with van der Waals surface area (Å²) in [7, 11) is 1.50. The van der Waals surface area contributed by atoms with E-state index in [-0.39, 0.29) is 12.4 Å². The van der Waals surface area contributed by atoms with Crippen LogP contribution in [0.5, 0.6) is 5.75 Å². The Kier molecular flexibility index (Phi) is 3.86. The van der Waals surface area contributed by atoms with E-state index >= 15 is 0 Å². The Morgan fingerprint density at radius 2 is 2.29 bits per heavy atom. The summed E-state index contributed by atoms with van der Waals surface area (Å²) in [6, 6.07) is 1.34. The molecule has 5 heteroatoms. The van der Waals surface area contributed by atoms with Crippen LogP contribution in [0, 0.1) is 12.7 Å². The van der Waals surface area contributed by atoms with E-state index < -0.39 is 0 Å². The number of hydrogen-bond donors (Lipinski definition) is 2. The fraction of sp³-hybridized carbons (Fsp3) is 0.333. The van der Waals surface area contributed by atoms with E-state index in [0.717, 1.165) is 0 Å². The van der Waals surface area contributed by atoms with Crippen molar-refractivity contribution in [3.8, 4) is 5.75 Å². The number of hydroxylamine groups is 1. The molecule has 0 saturated carbocycles. The van der Waals surface area contributed by atoms with Gasteiger partial charge in [-0.05, 0) is 34.5 Å². The zero-order valence-corrected chi connectivity index (χ0v) is 9.48. The molecule has 0 aliphatic rings. The number of ether oxygens (including phenoxy) is 1. The van der Waals surface area contributed by atoms with Crippen molar-refractivity contribution in [1.82, 2.24) is 5.48 Å². The lowest BCUT2D eigenvalue weighted by atomic mass is 10.1. The van der Waals surface area contributed by atoms with Gasteiger partial charge in [0.2, 0.25) is 0 Å². The quantitative estimate of drug-likeness (QED) is 0.823. The first kappa shape index (κ1) is 11.4. The molecule has 0 atom stereocenters. The standard InChI is InChI=1S/C9H11BrFNO2/c1-5-6(4-12-13)9(14-2)7(10)3-8(5)11/h3,12-13H,4H2,1-2H3. The van der Waals surface area contributed by atoms with Crippen molar-refractivity contribution in [3.63, 3.8) is 0 Å². The molecule has 1 rings (SSSR count). The van der Waals surface area contributed by atoms with Crippen LogP contribution in [0.3, 0.4) is 0 Å². The first-order valence-electron chi connectivity index (χ1n) is 4.00. The third-order valence-electron chi connectivity index (χ3n) is 2.02. The summed E-state index contributed by atoms with van der Waals surface area (Å²) in [5, 5.41) is 8.60. The first-order chi connectivity index (χ1) is 6.61. The van der Waals surface area contributed by atoms with E-state index in [0.29, 0.717) is 21.3 Å². The van der Waals surface area contributed by atoms with E-state index in [1.54, 1.807) is 6.92 Å². The van der Waals surface area contributed by atoms with Crippen molar-refractivity contribution in [1.29, 1.82) is 0 Å². The lowest BCUT2D eigenvalue weighted by Crippen LogP contribution is -2.10. The third-order valence-corrected chi connectivity index (χ3v) is 2.60. The summed E-state index contributed by atoms with van der Waals surface area (Å²) in [6.07, 6.45) is 0. The smallest absolute Gasteiger partial charge is 0.138 e. The van der Waals surface area contributed by atoms with Crippen molar-refractivity contribution in [2.24, 2.45) is 0 Å². The highest BCUT2D eigenvalue weighted by Crippen LogP contribution is 2.32. The van der Waals surface area contributed by atoms with E-state index in [1.165, 1.54) is 13.2 Å². The highest BCUT2D eigenvalue weighted by atomic mass is 79.9. The molecule has 0 radical (unpaired) electrons. The van der Waals surface area contributed by atoms with Crippen molar-refractivity contribution in [3.05, 3.63) is 27.5 Å². The lowest BCUT2D eigenvalue weighted by molar-refractivity contribution is 0.159. The summed E-state index contributed by atoms with van der Waals surface area (Å²) in [6.45, 7) is 1.78. The Bertz CT molecular complexity index is 344. The normalized spacial score (nSPS) is 10.4. The van der Waals surface area contributed by atoms with Crippen molar-refractivity contribution >= 4 is 15.9 Å². The highest BCUT2D eigenvalue weighted by molar-refractivity contribution is 9.10. The lowest BCUT2D eigenvalue weighted by Gasteiger charge is -2.13. The van der Waals surface area contributed by atoms with Gasteiger partial charge in [0.25, 0.3) is 0 Å². The summed E-state index contributed by atoms with van der Waals surface area (Å²) in [5.41, 5.74) is 3.05. The van der Waals surface area contributed by atoms with Gasteiger partial charge in [-0.15, -0.1) is 0 Å². The van der Waals surface area contributed by atoms with Gasteiger partial charge in [0.15, 0.2) is 0 Å². The zero-order valence-electron chi connectivity index (χ0n) is 7.90. The van der Waals surface area contributed by atoms with Crippen LogP contribution < -0.4 is 10.2 Å². The number of nitrogens with one attached hydrogen (secondary N) is 1. The molecule has 3 nitrogen and oxygen atoms in total. The molecule has 1 aromatic carbocycles. The maximum absolute atomic E-state index is 13.3. The predicted octanol–water partition coefficient (Wildman–Crippen LogP) is 2.38. The van der Waals surface area contributed by atoms with Gasteiger partial charge < -0.3 is 9.94 Å². The van der Waals surface area contributed by atoms with Gasteiger partial charge in [0.05, 0.1) is 11.6 Å². The van der Waals surface area contributed by atoms with Gasteiger partial charge in [0.1, 0.15) is 11.6 Å². The van der Waals surface area contributed by atoms with Crippen LogP contribution in [-0.2, 0) is 6.54 Å². The van der Waals surface area contributed by atoms with Crippen molar-refractivity contribution < 1.29 is 14.3 Å². The second-order valence-corrected chi connectivity index (χ2v) is 3.67. The highest BCUT2D eigenvalue weighted by Gasteiger charge is 2.14. The van der Waals surface area contributed by atoms with Crippen LogP contribution in [-0.4, -0.2) is 12.3 Å². The van der Waals surface area contributed by atoms with Crippen LogP contribution in [0.4, 0.5) is 4.39 Å². The van der Waals surface area contributed by atoms with Gasteiger partial charge in [-0.2, -0.15) is 0 Å². The fourth-order valence-electron chi connectivity index (χ4n) is 1.26. The van der Waals surface area contributed by atoms with Gasteiger partial charge in [-0.1, -0.05) is 0 Å². The average molecular weight is 264 g/mol. The molecule has 0 bridgehead atoms. The Morgan fingerprint density at radius 3 is 2.79 bits per heavy atom. The largest absolute Gasteiger partial charge is 0.495 e. The Balaban J connectivity index is 3.32. The minimum Gasteiger partial charge on any atom is -0.495 e. The first-order valence-corrected chi connectivity index (χ1v) is 4.79. The van der Waals surface area contributed by atoms with Crippen LogP contribution in [0.25, 0.3) is 0 Å². The van der Waals surface area contributed by atoms with E-state index in [2.05, 4.69) is 15.9 Å². The molecule has 0 fully saturated rings. The molecule has 1 aromatic rings. The molecule has 0 spiro atoms. The van der Waals surface area contributed by atoms with Crippen LogP contribution in [0.2, 0.25) is 0 Å². The number of benzene rings is 1. The molecule has 14 heavy (non-hydrogen) atoms. The summed E-state index contributed by atoms with van der Waals surface area (Å²) < 4.78 is 18.9. The summed E-state index contributed by atoms with van der Waals surface area (Å²) >= 11 is 3.19. The average Bonchev–Trinajstić information content (AvgIpc) is 2.14. The minimum atomic E-state index is -0.331. The molecular weight excluding hydrogens is 253 g/mol. The molecule has 0 aromatic heterocycles.